The molecule has 3 rings (SSSR count). The molecule has 2 aliphatic heterocycles. The van der Waals surface area contributed by atoms with Gasteiger partial charge < -0.3 is 14.7 Å². The van der Waals surface area contributed by atoms with Crippen molar-refractivity contribution in [2.45, 2.75) is 38.0 Å². The molecule has 0 radical (unpaired) electrons. The van der Waals surface area contributed by atoms with Crippen LogP contribution < -0.4 is 0 Å². The van der Waals surface area contributed by atoms with E-state index in [1.165, 1.54) is 17.0 Å². The number of nitrogens with zero attached hydrogens (tertiary/aromatic N) is 3. The van der Waals surface area contributed by atoms with Crippen molar-refractivity contribution < 1.29 is 24.2 Å². The van der Waals surface area contributed by atoms with E-state index in [1.807, 2.05) is 30.3 Å². The summed E-state index contributed by atoms with van der Waals surface area (Å²) in [5.41, 5.74) is 1.12. The summed E-state index contributed by atoms with van der Waals surface area (Å²) in [7, 11) is 1.50. The molecule has 0 spiro atoms. The van der Waals surface area contributed by atoms with E-state index in [9.17, 15) is 19.5 Å². The first-order valence-electron chi connectivity index (χ1n) is 8.48. The molecule has 138 valence electrons. The number of carbonyl (C=O) groups is 3. The quantitative estimate of drug-likeness (QED) is 0.841. The van der Waals surface area contributed by atoms with Crippen LogP contribution in [0, 0.1) is 0 Å². The van der Waals surface area contributed by atoms with Gasteiger partial charge in [0.2, 0.25) is 5.91 Å². The third-order valence-electron chi connectivity index (χ3n) is 4.67. The second kappa shape index (κ2) is 7.65. The fourth-order valence-corrected chi connectivity index (χ4v) is 3.23. The van der Waals surface area contributed by atoms with Crippen LogP contribution >= 0.6 is 0 Å². The molecule has 2 heterocycles. The molecule has 2 unspecified atom stereocenters. The van der Waals surface area contributed by atoms with Gasteiger partial charge in [0.1, 0.15) is 11.8 Å². The fourth-order valence-electron chi connectivity index (χ4n) is 3.23. The number of rotatable bonds is 5. The SMILES string of the molecule is COC1CC(C(=O)O)N(C(=O)C2=NN(Cc3ccccc3)C(=O)CC2)C1. The summed E-state index contributed by atoms with van der Waals surface area (Å²) in [4.78, 5) is 37.7. The van der Waals surface area contributed by atoms with E-state index in [1.54, 1.807) is 0 Å². The highest BCUT2D eigenvalue weighted by Gasteiger charge is 2.41. The lowest BCUT2D eigenvalue weighted by atomic mass is 10.1. The van der Waals surface area contributed by atoms with Crippen LogP contribution in [0.4, 0.5) is 0 Å². The Hall–Kier alpha value is -2.74. The molecular weight excluding hydrogens is 338 g/mol. The summed E-state index contributed by atoms with van der Waals surface area (Å²) >= 11 is 0. The van der Waals surface area contributed by atoms with Gasteiger partial charge in [0.25, 0.3) is 5.91 Å². The van der Waals surface area contributed by atoms with Gasteiger partial charge in [0, 0.05) is 32.9 Å². The second-order valence-corrected chi connectivity index (χ2v) is 6.39. The van der Waals surface area contributed by atoms with E-state index >= 15 is 0 Å². The minimum absolute atomic E-state index is 0.156. The minimum atomic E-state index is -1.06. The van der Waals surface area contributed by atoms with Crippen LogP contribution in [0.25, 0.3) is 0 Å². The zero-order valence-electron chi connectivity index (χ0n) is 14.5. The number of carbonyl (C=O) groups excluding carboxylic acids is 2. The van der Waals surface area contributed by atoms with E-state index < -0.39 is 17.9 Å². The van der Waals surface area contributed by atoms with Crippen molar-refractivity contribution in [2.24, 2.45) is 5.10 Å². The molecule has 2 atom stereocenters. The van der Waals surface area contributed by atoms with Gasteiger partial charge in [-0.1, -0.05) is 30.3 Å². The van der Waals surface area contributed by atoms with Crippen molar-refractivity contribution in [3.63, 3.8) is 0 Å². The van der Waals surface area contributed by atoms with Crippen LogP contribution in [0.5, 0.6) is 0 Å². The zero-order chi connectivity index (χ0) is 18.7. The van der Waals surface area contributed by atoms with Crippen molar-refractivity contribution in [1.82, 2.24) is 9.91 Å². The summed E-state index contributed by atoms with van der Waals surface area (Å²) in [5, 5.41) is 14.9. The maximum absolute atomic E-state index is 12.8. The van der Waals surface area contributed by atoms with Gasteiger partial charge >= 0.3 is 5.97 Å². The number of carboxylic acid groups (broad SMARTS) is 1. The lowest BCUT2D eigenvalue weighted by molar-refractivity contribution is -0.146. The van der Waals surface area contributed by atoms with E-state index in [0.29, 0.717) is 0 Å². The van der Waals surface area contributed by atoms with E-state index in [-0.39, 0.29) is 50.1 Å². The molecular formula is C18H21N3O5. The maximum atomic E-state index is 12.8. The third kappa shape index (κ3) is 3.75. The van der Waals surface area contributed by atoms with Crippen molar-refractivity contribution in [3.05, 3.63) is 35.9 Å². The average Bonchev–Trinajstić information content (AvgIpc) is 3.08. The Morgan fingerprint density at radius 3 is 2.65 bits per heavy atom. The maximum Gasteiger partial charge on any atom is 0.326 e. The first-order valence-corrected chi connectivity index (χ1v) is 8.48. The molecule has 1 aromatic carbocycles. The van der Waals surface area contributed by atoms with Crippen LogP contribution in [0.2, 0.25) is 0 Å². The van der Waals surface area contributed by atoms with E-state index in [0.717, 1.165) is 5.56 Å². The first-order chi connectivity index (χ1) is 12.5. The van der Waals surface area contributed by atoms with Crippen LogP contribution in [0.1, 0.15) is 24.8 Å². The van der Waals surface area contributed by atoms with Crippen molar-refractivity contribution in [3.8, 4) is 0 Å². The fraction of sp³-hybridized carbons (Fsp3) is 0.444. The smallest absolute Gasteiger partial charge is 0.326 e. The van der Waals surface area contributed by atoms with Gasteiger partial charge in [0.05, 0.1) is 12.6 Å². The van der Waals surface area contributed by atoms with Crippen LogP contribution in [-0.4, -0.2) is 64.3 Å². The minimum Gasteiger partial charge on any atom is -0.480 e. The molecule has 0 saturated carbocycles. The van der Waals surface area contributed by atoms with E-state index in [2.05, 4.69) is 5.10 Å². The Kier molecular flexibility index (Phi) is 5.32. The van der Waals surface area contributed by atoms with E-state index in [4.69, 9.17) is 4.74 Å². The Labute approximate surface area is 151 Å². The van der Waals surface area contributed by atoms with Gasteiger partial charge in [-0.25, -0.2) is 9.80 Å². The lowest BCUT2D eigenvalue weighted by Gasteiger charge is -2.27. The number of hydrazone groups is 1. The van der Waals surface area contributed by atoms with Crippen molar-refractivity contribution >= 4 is 23.5 Å². The molecule has 0 aliphatic carbocycles. The topological polar surface area (TPSA) is 99.5 Å². The largest absolute Gasteiger partial charge is 0.480 e. The number of likely N-dealkylation sites (tertiary alicyclic amines) is 1. The molecule has 8 nitrogen and oxygen atoms in total. The first kappa shape index (κ1) is 18.1. The van der Waals surface area contributed by atoms with Gasteiger partial charge in [-0.15, -0.1) is 0 Å². The standard InChI is InChI=1S/C18H21N3O5/c1-26-13-9-15(18(24)25)20(11-13)17(23)14-7-8-16(22)21(19-14)10-12-5-3-2-4-6-12/h2-6,13,15H,7-11H2,1H3,(H,24,25). The van der Waals surface area contributed by atoms with Crippen LogP contribution in [0.15, 0.2) is 35.4 Å². The number of amides is 2. The number of carboxylic acids is 1. The number of benzene rings is 1. The van der Waals surface area contributed by atoms with Crippen molar-refractivity contribution in [2.75, 3.05) is 13.7 Å². The highest BCUT2D eigenvalue weighted by Crippen LogP contribution is 2.23. The summed E-state index contributed by atoms with van der Waals surface area (Å²) in [6, 6.07) is 8.44. The highest BCUT2D eigenvalue weighted by atomic mass is 16.5. The molecule has 1 N–H and O–H groups in total. The van der Waals surface area contributed by atoms with Crippen LogP contribution in [-0.2, 0) is 25.7 Å². The molecule has 0 aromatic heterocycles. The molecule has 1 fully saturated rings. The third-order valence-corrected chi connectivity index (χ3v) is 4.67. The summed E-state index contributed by atoms with van der Waals surface area (Å²) in [6.45, 7) is 0.484. The van der Waals surface area contributed by atoms with Crippen molar-refractivity contribution in [1.29, 1.82) is 0 Å². The molecule has 2 amide bonds. The summed E-state index contributed by atoms with van der Waals surface area (Å²) in [5.74, 6) is -1.66. The highest BCUT2D eigenvalue weighted by molar-refractivity contribution is 6.39. The van der Waals surface area contributed by atoms with Gasteiger partial charge in [0.15, 0.2) is 0 Å². The van der Waals surface area contributed by atoms with Crippen LogP contribution in [0.3, 0.4) is 0 Å². The number of hydrogen-bond donors (Lipinski definition) is 1. The number of methoxy groups -OCH3 is 1. The molecule has 2 aliphatic rings. The van der Waals surface area contributed by atoms with Gasteiger partial charge in [-0.2, -0.15) is 5.10 Å². The molecule has 26 heavy (non-hydrogen) atoms. The normalized spacial score (nSPS) is 23.1. The summed E-state index contributed by atoms with van der Waals surface area (Å²) < 4.78 is 5.21. The number of hydrogen-bond acceptors (Lipinski definition) is 5. The monoisotopic (exact) mass is 359 g/mol. The Morgan fingerprint density at radius 1 is 1.27 bits per heavy atom. The number of aliphatic carboxylic acids is 1. The Balaban J connectivity index is 1.78. The Morgan fingerprint density at radius 2 is 2.00 bits per heavy atom. The van der Waals surface area contributed by atoms with Gasteiger partial charge in [-0.3, -0.25) is 9.59 Å². The molecule has 8 heteroatoms. The lowest BCUT2D eigenvalue weighted by Crippen LogP contribution is -2.46. The average molecular weight is 359 g/mol. The zero-order valence-corrected chi connectivity index (χ0v) is 14.5. The molecule has 1 aromatic rings. The molecule has 1 saturated heterocycles. The number of ether oxygens (including phenoxy) is 1. The predicted molar refractivity (Wildman–Crippen MR) is 92.2 cm³/mol. The predicted octanol–water partition coefficient (Wildman–Crippen LogP) is 0.865. The Bertz CT molecular complexity index is 734. The second-order valence-electron chi connectivity index (χ2n) is 6.39. The molecule has 0 bridgehead atoms. The summed E-state index contributed by atoms with van der Waals surface area (Å²) in [6.07, 6.45) is 0.323. The van der Waals surface area contributed by atoms with Gasteiger partial charge in [-0.05, 0) is 5.56 Å².